The van der Waals surface area contributed by atoms with Gasteiger partial charge in [-0.2, -0.15) is 0 Å². The zero-order valence-electron chi connectivity index (χ0n) is 16.5. The maximum atomic E-state index is 12.4. The van der Waals surface area contributed by atoms with Gasteiger partial charge in [0.2, 0.25) is 0 Å². The summed E-state index contributed by atoms with van der Waals surface area (Å²) in [5, 5.41) is 2.15. The summed E-state index contributed by atoms with van der Waals surface area (Å²) >= 11 is 0. The van der Waals surface area contributed by atoms with Crippen LogP contribution in [0.2, 0.25) is 0 Å². The minimum Gasteiger partial charge on any atom is -0.490 e. The highest BCUT2D eigenvalue weighted by atomic mass is 16.6. The molecule has 0 bridgehead atoms. The number of benzene rings is 3. The maximum absolute atomic E-state index is 12.4. The summed E-state index contributed by atoms with van der Waals surface area (Å²) in [5.74, 6) is 0.785. The molecule has 0 spiro atoms. The fourth-order valence-electron chi connectivity index (χ4n) is 3.49. The lowest BCUT2D eigenvalue weighted by Gasteiger charge is -2.19. The third-order valence-corrected chi connectivity index (χ3v) is 5.09. The third-order valence-electron chi connectivity index (χ3n) is 5.09. The predicted molar refractivity (Wildman–Crippen MR) is 112 cm³/mol. The number of hydrogen-bond donors (Lipinski definition) is 0. The average Bonchev–Trinajstić information content (AvgIpc) is 3.06. The van der Waals surface area contributed by atoms with Crippen LogP contribution in [0.3, 0.4) is 0 Å². The molecule has 0 N–H and O–H groups in total. The van der Waals surface area contributed by atoms with E-state index in [0.717, 1.165) is 22.2 Å². The second kappa shape index (κ2) is 7.19. The van der Waals surface area contributed by atoms with Crippen LogP contribution in [0.15, 0.2) is 66.7 Å². The highest BCUT2D eigenvalue weighted by Gasteiger charge is 2.33. The smallest absolute Gasteiger partial charge is 0.414 e. The molecule has 1 aliphatic heterocycles. The van der Waals surface area contributed by atoms with Gasteiger partial charge in [0.1, 0.15) is 12.4 Å². The first-order chi connectivity index (χ1) is 13.4. The Kier molecular flexibility index (Phi) is 4.71. The fourth-order valence-corrected chi connectivity index (χ4v) is 3.49. The Balaban J connectivity index is 1.44. The molecule has 3 aromatic carbocycles. The molecule has 0 aromatic heterocycles. The Morgan fingerprint density at radius 1 is 1.00 bits per heavy atom. The summed E-state index contributed by atoms with van der Waals surface area (Å²) in [6.07, 6.45) is -0.623. The number of anilines is 1. The molecular formula is C24H25NO3. The van der Waals surface area contributed by atoms with Crippen molar-refractivity contribution >= 4 is 22.6 Å². The van der Waals surface area contributed by atoms with E-state index in [1.807, 2.05) is 54.6 Å². The molecule has 1 amide bonds. The number of hydrogen-bond acceptors (Lipinski definition) is 3. The molecule has 1 unspecified atom stereocenters. The molecule has 0 aliphatic carbocycles. The topological polar surface area (TPSA) is 38.8 Å². The van der Waals surface area contributed by atoms with Crippen molar-refractivity contribution in [1.82, 2.24) is 0 Å². The van der Waals surface area contributed by atoms with Crippen LogP contribution in [0.25, 0.3) is 10.8 Å². The molecule has 1 aliphatic rings. The van der Waals surface area contributed by atoms with E-state index in [9.17, 15) is 4.79 Å². The van der Waals surface area contributed by atoms with Crippen molar-refractivity contribution in [3.63, 3.8) is 0 Å². The number of rotatable bonds is 4. The minimum atomic E-state index is -0.326. The lowest BCUT2D eigenvalue weighted by atomic mass is 9.87. The predicted octanol–water partition coefficient (Wildman–Crippen LogP) is 5.54. The van der Waals surface area contributed by atoms with E-state index in [2.05, 4.69) is 32.9 Å². The first-order valence-corrected chi connectivity index (χ1v) is 9.61. The molecule has 1 heterocycles. The molecule has 1 fully saturated rings. The highest BCUT2D eigenvalue weighted by molar-refractivity contribution is 6.02. The third kappa shape index (κ3) is 3.68. The Morgan fingerprint density at radius 2 is 1.71 bits per heavy atom. The zero-order chi connectivity index (χ0) is 19.7. The molecule has 0 saturated carbocycles. The van der Waals surface area contributed by atoms with Crippen molar-refractivity contribution in [3.8, 4) is 5.75 Å². The van der Waals surface area contributed by atoms with Crippen molar-refractivity contribution in [3.05, 3.63) is 72.3 Å². The van der Waals surface area contributed by atoms with Crippen molar-refractivity contribution in [2.45, 2.75) is 32.3 Å². The first-order valence-electron chi connectivity index (χ1n) is 9.61. The maximum Gasteiger partial charge on any atom is 0.414 e. The van der Waals surface area contributed by atoms with Gasteiger partial charge in [-0.3, -0.25) is 4.90 Å². The SMILES string of the molecule is CC(C)(C)c1ccc(OCC2CN(c3cccc4ccccc34)C(=O)O2)cc1. The minimum absolute atomic E-state index is 0.110. The highest BCUT2D eigenvalue weighted by Crippen LogP contribution is 2.30. The van der Waals surface area contributed by atoms with Gasteiger partial charge in [-0.1, -0.05) is 69.3 Å². The molecule has 3 aromatic rings. The van der Waals surface area contributed by atoms with Crippen LogP contribution in [-0.4, -0.2) is 25.3 Å². The van der Waals surface area contributed by atoms with Crippen LogP contribution in [-0.2, 0) is 10.2 Å². The second-order valence-electron chi connectivity index (χ2n) is 8.20. The van der Waals surface area contributed by atoms with Crippen LogP contribution >= 0.6 is 0 Å². The van der Waals surface area contributed by atoms with Crippen LogP contribution in [0, 0.1) is 0 Å². The molecule has 4 nitrogen and oxygen atoms in total. The number of carbonyl (C=O) groups excluding carboxylic acids is 1. The van der Waals surface area contributed by atoms with Crippen LogP contribution in [0.5, 0.6) is 5.75 Å². The Labute approximate surface area is 165 Å². The van der Waals surface area contributed by atoms with E-state index in [0.29, 0.717) is 13.2 Å². The fraction of sp³-hybridized carbons (Fsp3) is 0.292. The molecule has 4 rings (SSSR count). The Hall–Kier alpha value is -3.01. The van der Waals surface area contributed by atoms with Gasteiger partial charge < -0.3 is 9.47 Å². The molecule has 1 atom stereocenters. The lowest BCUT2D eigenvalue weighted by molar-refractivity contribution is 0.105. The van der Waals surface area contributed by atoms with Crippen LogP contribution < -0.4 is 9.64 Å². The van der Waals surface area contributed by atoms with Gasteiger partial charge in [-0.05, 0) is 34.6 Å². The zero-order valence-corrected chi connectivity index (χ0v) is 16.5. The standard InChI is InChI=1S/C24H25NO3/c1-24(2,3)18-11-13-19(14-12-18)27-16-20-15-25(23(26)28-20)22-10-6-8-17-7-4-5-9-21(17)22/h4-14,20H,15-16H2,1-3H3. The number of ether oxygens (including phenoxy) is 2. The number of amides is 1. The van der Waals surface area contributed by atoms with Crippen molar-refractivity contribution < 1.29 is 14.3 Å². The van der Waals surface area contributed by atoms with E-state index in [1.165, 1.54) is 5.56 Å². The second-order valence-corrected chi connectivity index (χ2v) is 8.20. The van der Waals surface area contributed by atoms with Crippen LogP contribution in [0.4, 0.5) is 10.5 Å². The Bertz CT molecular complexity index is 983. The summed E-state index contributed by atoms with van der Waals surface area (Å²) < 4.78 is 11.4. The molecular weight excluding hydrogens is 350 g/mol. The first kappa shape index (κ1) is 18.4. The molecule has 144 valence electrons. The molecule has 1 saturated heterocycles. The summed E-state index contributed by atoms with van der Waals surface area (Å²) in [4.78, 5) is 14.1. The van der Waals surface area contributed by atoms with Gasteiger partial charge >= 0.3 is 6.09 Å². The number of cyclic esters (lactones) is 1. The van der Waals surface area contributed by atoms with Gasteiger partial charge in [-0.15, -0.1) is 0 Å². The van der Waals surface area contributed by atoms with Gasteiger partial charge in [-0.25, -0.2) is 4.79 Å². The van der Waals surface area contributed by atoms with E-state index in [4.69, 9.17) is 9.47 Å². The number of nitrogens with zero attached hydrogens (tertiary/aromatic N) is 1. The van der Waals surface area contributed by atoms with Crippen LogP contribution in [0.1, 0.15) is 26.3 Å². The molecule has 0 radical (unpaired) electrons. The van der Waals surface area contributed by atoms with Gasteiger partial charge in [0, 0.05) is 5.39 Å². The Morgan fingerprint density at radius 3 is 2.46 bits per heavy atom. The van der Waals surface area contributed by atoms with Gasteiger partial charge in [0.05, 0.1) is 12.2 Å². The summed E-state index contributed by atoms with van der Waals surface area (Å²) in [5.41, 5.74) is 2.24. The van der Waals surface area contributed by atoms with Crippen molar-refractivity contribution in [1.29, 1.82) is 0 Å². The number of carbonyl (C=O) groups is 1. The number of fused-ring (bicyclic) bond motifs is 1. The van der Waals surface area contributed by atoms with E-state index in [-0.39, 0.29) is 17.6 Å². The summed E-state index contributed by atoms with van der Waals surface area (Å²) in [7, 11) is 0. The monoisotopic (exact) mass is 375 g/mol. The van der Waals surface area contributed by atoms with Crippen molar-refractivity contribution in [2.75, 3.05) is 18.1 Å². The molecule has 28 heavy (non-hydrogen) atoms. The van der Waals surface area contributed by atoms with E-state index in [1.54, 1.807) is 4.90 Å². The van der Waals surface area contributed by atoms with Crippen molar-refractivity contribution in [2.24, 2.45) is 0 Å². The molecule has 4 heteroatoms. The quantitative estimate of drug-likeness (QED) is 0.601. The van der Waals surface area contributed by atoms with Gasteiger partial charge in [0.25, 0.3) is 0 Å². The average molecular weight is 375 g/mol. The normalized spacial score (nSPS) is 17.0. The summed E-state index contributed by atoms with van der Waals surface area (Å²) in [6.45, 7) is 7.36. The summed E-state index contributed by atoms with van der Waals surface area (Å²) in [6, 6.07) is 22.1. The van der Waals surface area contributed by atoms with Gasteiger partial charge in [0.15, 0.2) is 6.10 Å². The largest absolute Gasteiger partial charge is 0.490 e. The van der Waals surface area contributed by atoms with E-state index < -0.39 is 0 Å². The lowest BCUT2D eigenvalue weighted by Crippen LogP contribution is -2.26. The van der Waals surface area contributed by atoms with E-state index >= 15 is 0 Å².